The number of aromatic amines is 1. The van der Waals surface area contributed by atoms with Gasteiger partial charge in [0.15, 0.2) is 5.82 Å². The number of alkyl halides is 4. The molecule has 0 aliphatic carbocycles. The van der Waals surface area contributed by atoms with E-state index in [0.29, 0.717) is 42.2 Å². The van der Waals surface area contributed by atoms with E-state index in [1.54, 1.807) is 23.7 Å². The highest BCUT2D eigenvalue weighted by molar-refractivity contribution is 7.23. The van der Waals surface area contributed by atoms with Crippen LogP contribution >= 0.6 is 11.3 Å². The molecule has 18 heteroatoms. The molecule has 2 atom stereocenters. The number of ether oxygens (including phenoxy) is 1. The molecule has 0 spiro atoms. The average molecular weight is 744 g/mol. The number of benzene rings is 2. The molecule has 0 saturated carbocycles. The zero-order valence-electron chi connectivity index (χ0n) is 27.9. The Morgan fingerprint density at radius 2 is 2.02 bits per heavy atom. The van der Waals surface area contributed by atoms with Crippen molar-refractivity contribution in [3.63, 3.8) is 0 Å². The van der Waals surface area contributed by atoms with E-state index in [-0.39, 0.29) is 82.0 Å². The van der Waals surface area contributed by atoms with Gasteiger partial charge in [-0.2, -0.15) is 28.4 Å². The number of thiophene rings is 1. The van der Waals surface area contributed by atoms with E-state index >= 15 is 17.6 Å². The van der Waals surface area contributed by atoms with E-state index in [1.165, 1.54) is 4.90 Å². The van der Waals surface area contributed by atoms with Gasteiger partial charge in [-0.3, -0.25) is 19.5 Å². The third-order valence-electron chi connectivity index (χ3n) is 10.3. The molecule has 11 nitrogen and oxygen atoms in total. The molecule has 3 N–H and O–H groups in total. The van der Waals surface area contributed by atoms with Crippen LogP contribution in [0.4, 0.5) is 37.2 Å². The third kappa shape index (κ3) is 5.23. The van der Waals surface area contributed by atoms with Crippen LogP contribution < -0.4 is 15.4 Å². The van der Waals surface area contributed by atoms with Crippen molar-refractivity contribution in [3.8, 4) is 23.2 Å². The molecule has 1 amide bonds. The first-order chi connectivity index (χ1) is 24.7. The molecule has 2 unspecified atom stereocenters. The maximum atomic E-state index is 17.2. The van der Waals surface area contributed by atoms with E-state index < -0.39 is 46.2 Å². The summed E-state index contributed by atoms with van der Waals surface area (Å²) in [6.07, 6.45) is -4.50. The van der Waals surface area contributed by atoms with Gasteiger partial charge in [-0.25, -0.2) is 13.2 Å². The number of carbonyl (C=O) groups is 1. The van der Waals surface area contributed by atoms with Crippen LogP contribution in [-0.4, -0.2) is 87.5 Å². The Labute approximate surface area is 296 Å². The number of hydrogen-bond acceptors (Lipinski definition) is 9. The third-order valence-corrected chi connectivity index (χ3v) is 11.4. The minimum absolute atomic E-state index is 0.0316. The predicted molar refractivity (Wildman–Crippen MR) is 181 cm³/mol. The van der Waals surface area contributed by atoms with E-state index in [9.17, 15) is 18.8 Å². The summed E-state index contributed by atoms with van der Waals surface area (Å²) in [6, 6.07) is 4.13. The van der Waals surface area contributed by atoms with Gasteiger partial charge in [0.1, 0.15) is 46.7 Å². The number of nitrogens with one attached hydrogen (secondary N) is 1. The van der Waals surface area contributed by atoms with Gasteiger partial charge in [-0.1, -0.05) is 6.07 Å². The molecule has 3 aromatic heterocycles. The Morgan fingerprint density at radius 3 is 2.75 bits per heavy atom. The molecular weight excluding hydrogens is 712 g/mol. The summed E-state index contributed by atoms with van der Waals surface area (Å²) in [7, 11) is 3.17. The lowest BCUT2D eigenvalue weighted by molar-refractivity contribution is -0.137. The van der Waals surface area contributed by atoms with Crippen LogP contribution in [0.2, 0.25) is 0 Å². The van der Waals surface area contributed by atoms with Crippen molar-refractivity contribution in [2.24, 2.45) is 0 Å². The van der Waals surface area contributed by atoms with E-state index in [1.807, 2.05) is 11.0 Å². The van der Waals surface area contributed by atoms with Gasteiger partial charge in [-0.05, 0) is 37.1 Å². The van der Waals surface area contributed by atoms with Gasteiger partial charge >= 0.3 is 12.2 Å². The number of fused-ring (bicyclic) bond motifs is 4. The SMILES string of the molecule is CN(C)C(=O)c1[nH]n2c1CN(c1nc(OCC34CCCN3CC(F)C4)nc3c(F)c(-c4ccc(F)c5sc(N)c(C#N)c45)c(C(F)(F)F)cc13)CC2. The smallest absolute Gasteiger partial charge is 0.417 e. The van der Waals surface area contributed by atoms with Crippen molar-refractivity contribution in [2.45, 2.75) is 50.2 Å². The van der Waals surface area contributed by atoms with Crippen LogP contribution in [0, 0.1) is 23.0 Å². The Hall–Kier alpha value is -5.02. The number of rotatable bonds is 6. The highest BCUT2D eigenvalue weighted by Crippen LogP contribution is 2.48. The fourth-order valence-electron chi connectivity index (χ4n) is 7.90. The Bertz CT molecular complexity index is 2330. The lowest BCUT2D eigenvalue weighted by atomic mass is 9.92. The highest BCUT2D eigenvalue weighted by atomic mass is 32.1. The predicted octanol–water partition coefficient (Wildman–Crippen LogP) is 6.07. The lowest BCUT2D eigenvalue weighted by Gasteiger charge is -2.36. The molecule has 6 heterocycles. The van der Waals surface area contributed by atoms with Gasteiger partial charge in [0.2, 0.25) is 0 Å². The zero-order valence-corrected chi connectivity index (χ0v) is 28.7. The van der Waals surface area contributed by atoms with Crippen molar-refractivity contribution >= 4 is 49.1 Å². The number of nitrogens with two attached hydrogens (primary N) is 1. The van der Waals surface area contributed by atoms with Gasteiger partial charge in [0.05, 0.1) is 40.1 Å². The van der Waals surface area contributed by atoms with Crippen LogP contribution in [0.25, 0.3) is 32.1 Å². The summed E-state index contributed by atoms with van der Waals surface area (Å²) in [5.41, 5.74) is 2.69. The van der Waals surface area contributed by atoms with E-state index in [2.05, 4.69) is 15.1 Å². The minimum Gasteiger partial charge on any atom is -0.461 e. The molecule has 2 fully saturated rings. The highest BCUT2D eigenvalue weighted by Gasteiger charge is 2.49. The first kappa shape index (κ1) is 34.1. The first-order valence-corrected chi connectivity index (χ1v) is 17.3. The second-order valence-electron chi connectivity index (χ2n) is 13.7. The van der Waals surface area contributed by atoms with Crippen LogP contribution in [0.5, 0.6) is 6.01 Å². The molecule has 52 heavy (non-hydrogen) atoms. The molecule has 3 aliphatic rings. The fraction of sp³-hybridized carbons (Fsp3) is 0.412. The van der Waals surface area contributed by atoms with Crippen LogP contribution in [0.3, 0.4) is 0 Å². The Morgan fingerprint density at radius 1 is 1.23 bits per heavy atom. The van der Waals surface area contributed by atoms with Crippen LogP contribution in [-0.2, 0) is 19.3 Å². The molecule has 3 aliphatic heterocycles. The summed E-state index contributed by atoms with van der Waals surface area (Å²) in [4.78, 5) is 26.7. The topological polar surface area (TPSA) is 132 Å². The number of H-pyrrole nitrogens is 1. The quantitative estimate of drug-likeness (QED) is 0.201. The molecule has 0 bridgehead atoms. The summed E-state index contributed by atoms with van der Waals surface area (Å²) in [6.45, 7) is 1.46. The molecule has 2 aromatic carbocycles. The number of nitrogens with zero attached hydrogens (tertiary/aromatic N) is 7. The Kier molecular flexibility index (Phi) is 7.88. The monoisotopic (exact) mass is 743 g/mol. The van der Waals surface area contributed by atoms with Gasteiger partial charge in [0, 0.05) is 49.9 Å². The molecule has 272 valence electrons. The first-order valence-electron chi connectivity index (χ1n) is 16.5. The van der Waals surface area contributed by atoms with Gasteiger partial charge < -0.3 is 20.3 Å². The summed E-state index contributed by atoms with van der Waals surface area (Å²) in [5, 5.41) is 12.2. The molecule has 2 saturated heterocycles. The maximum absolute atomic E-state index is 17.2. The average Bonchev–Trinajstić information content (AvgIpc) is 3.73. The second-order valence-corrected chi connectivity index (χ2v) is 14.7. The van der Waals surface area contributed by atoms with Crippen molar-refractivity contribution < 1.29 is 35.9 Å². The number of aromatic nitrogens is 4. The lowest BCUT2D eigenvalue weighted by Crippen LogP contribution is -2.44. The number of halogens is 6. The summed E-state index contributed by atoms with van der Waals surface area (Å²) >= 11 is 0.674. The van der Waals surface area contributed by atoms with Crippen molar-refractivity contribution in [2.75, 3.05) is 51.0 Å². The summed E-state index contributed by atoms with van der Waals surface area (Å²) < 4.78 is 99.4. The van der Waals surface area contributed by atoms with Crippen LogP contribution in [0.1, 0.15) is 46.6 Å². The molecule has 0 radical (unpaired) electrons. The summed E-state index contributed by atoms with van der Waals surface area (Å²) in [5.74, 6) is -2.60. The van der Waals surface area contributed by atoms with E-state index in [0.717, 1.165) is 24.6 Å². The standard InChI is InChI=1S/C34H31F6N9O2S/c1-46(2)31(50)27-22-14-47(8-9-49(22)45-27)30-18-10-20(34(38,39)40)24(17-4-5-21(36)28-23(17)19(12-41)29(42)52-28)25(37)26(18)43-32(44-30)51-15-33-6-3-7-48(33)13-16(35)11-33/h4-5,10,16,45H,3,6-9,11,13-15,42H2,1-2H3. The number of anilines is 2. The second kappa shape index (κ2) is 12.0. The number of nitriles is 1. The van der Waals surface area contributed by atoms with E-state index in [4.69, 9.17) is 10.5 Å². The number of nitrogen functional groups attached to an aromatic ring is 1. The number of amides is 1. The van der Waals surface area contributed by atoms with Crippen LogP contribution in [0.15, 0.2) is 18.2 Å². The minimum atomic E-state index is -5.13. The normalized spacial score (nSPS) is 20.4. The Balaban J connectivity index is 1.33. The largest absolute Gasteiger partial charge is 0.461 e. The van der Waals surface area contributed by atoms with Crippen molar-refractivity contribution in [1.29, 1.82) is 5.26 Å². The molecule has 5 aromatic rings. The maximum Gasteiger partial charge on any atom is 0.417 e. The molecule has 8 rings (SSSR count). The van der Waals surface area contributed by atoms with Crippen molar-refractivity contribution in [3.05, 3.63) is 52.3 Å². The van der Waals surface area contributed by atoms with Crippen molar-refractivity contribution in [1.82, 2.24) is 29.5 Å². The molecular formula is C34H31F6N9O2S. The fourth-order valence-corrected chi connectivity index (χ4v) is 8.85. The van der Waals surface area contributed by atoms with Gasteiger partial charge in [0.25, 0.3) is 5.91 Å². The number of hydrogen-bond donors (Lipinski definition) is 2. The number of carbonyl (C=O) groups excluding carboxylic acids is 1. The zero-order chi connectivity index (χ0) is 36.9. The van der Waals surface area contributed by atoms with Gasteiger partial charge in [-0.15, -0.1) is 11.3 Å².